The van der Waals surface area contributed by atoms with Crippen molar-refractivity contribution in [3.05, 3.63) is 45.9 Å². The number of imide groups is 1. The highest BCUT2D eigenvalue weighted by atomic mass is 16.3. The quantitative estimate of drug-likeness (QED) is 0.230. The van der Waals surface area contributed by atoms with Gasteiger partial charge >= 0.3 is 0 Å². The maximum absolute atomic E-state index is 12.0. The second kappa shape index (κ2) is 7.80. The molecule has 1 heterocycles. The van der Waals surface area contributed by atoms with Crippen LogP contribution in [0.15, 0.2) is 35.0 Å². The number of carbonyl (C=O) groups is 3. The Morgan fingerprint density at radius 2 is 2.12 bits per heavy atom. The summed E-state index contributed by atoms with van der Waals surface area (Å²) in [6.07, 6.45) is 2.99. The van der Waals surface area contributed by atoms with Crippen molar-refractivity contribution in [1.82, 2.24) is 10.6 Å². The molecule has 0 aliphatic carbocycles. The van der Waals surface area contributed by atoms with Crippen molar-refractivity contribution in [2.24, 2.45) is 5.11 Å². The Kier molecular flexibility index (Phi) is 5.54. The van der Waals surface area contributed by atoms with Gasteiger partial charge in [-0.25, -0.2) is 0 Å². The van der Waals surface area contributed by atoms with Crippen LogP contribution in [0.2, 0.25) is 0 Å². The van der Waals surface area contributed by atoms with Gasteiger partial charge in [-0.3, -0.25) is 19.7 Å². The highest BCUT2D eigenvalue weighted by molar-refractivity contribution is 6.16. The number of hydrogen-bond donors (Lipinski definition) is 3. The van der Waals surface area contributed by atoms with Gasteiger partial charge in [-0.2, -0.15) is 0 Å². The van der Waals surface area contributed by atoms with Crippen molar-refractivity contribution in [3.63, 3.8) is 0 Å². The van der Waals surface area contributed by atoms with E-state index in [2.05, 4.69) is 20.7 Å². The smallest absolute Gasteiger partial charge is 0.255 e. The summed E-state index contributed by atoms with van der Waals surface area (Å²) in [7, 11) is 0. The van der Waals surface area contributed by atoms with E-state index in [9.17, 15) is 19.5 Å². The first-order chi connectivity index (χ1) is 11.5. The maximum Gasteiger partial charge on any atom is 0.255 e. The molecule has 124 valence electrons. The van der Waals surface area contributed by atoms with Crippen LogP contribution in [0.4, 0.5) is 5.69 Å². The number of amides is 3. The number of hydrogen-bond acceptors (Lipinski definition) is 5. The summed E-state index contributed by atoms with van der Waals surface area (Å²) in [5.74, 6) is -1.49. The Bertz CT molecular complexity index is 765. The normalized spacial score (nSPS) is 13.1. The van der Waals surface area contributed by atoms with Gasteiger partial charge in [0.25, 0.3) is 17.7 Å². The van der Waals surface area contributed by atoms with E-state index in [1.165, 1.54) is 24.3 Å². The van der Waals surface area contributed by atoms with Crippen LogP contribution in [0.5, 0.6) is 5.75 Å². The number of nitrogens with one attached hydrogen (secondary N) is 2. The Hall–Kier alpha value is -3.32. The third kappa shape index (κ3) is 4.34. The van der Waals surface area contributed by atoms with E-state index in [-0.39, 0.29) is 22.9 Å². The monoisotopic (exact) mass is 329 g/mol. The molecular weight excluding hydrogens is 314 g/mol. The number of benzene rings is 1. The Morgan fingerprint density at radius 3 is 2.75 bits per heavy atom. The average molecular weight is 329 g/mol. The molecule has 2 rings (SSSR count). The van der Waals surface area contributed by atoms with E-state index >= 15 is 0 Å². The van der Waals surface area contributed by atoms with E-state index in [0.29, 0.717) is 31.4 Å². The molecule has 24 heavy (non-hydrogen) atoms. The summed E-state index contributed by atoms with van der Waals surface area (Å²) >= 11 is 0. The first-order valence-corrected chi connectivity index (χ1v) is 7.23. The Labute approximate surface area is 137 Å². The van der Waals surface area contributed by atoms with Crippen LogP contribution in [-0.2, 0) is 9.59 Å². The van der Waals surface area contributed by atoms with Gasteiger partial charge in [-0.1, -0.05) is 11.2 Å². The number of phenols is 1. The zero-order valence-corrected chi connectivity index (χ0v) is 12.7. The summed E-state index contributed by atoms with van der Waals surface area (Å²) < 4.78 is 0. The molecule has 0 atom stereocenters. The third-order valence-electron chi connectivity index (χ3n) is 3.38. The number of nitrogens with zero attached hydrogens (tertiary/aromatic N) is 3. The lowest BCUT2D eigenvalue weighted by molar-refractivity contribution is -0.123. The molecule has 3 amide bonds. The van der Waals surface area contributed by atoms with Gasteiger partial charge in [0.05, 0.1) is 5.56 Å². The fourth-order valence-corrected chi connectivity index (χ4v) is 2.20. The van der Waals surface area contributed by atoms with E-state index < -0.39 is 11.8 Å². The highest BCUT2D eigenvalue weighted by Crippen LogP contribution is 2.24. The van der Waals surface area contributed by atoms with Crippen LogP contribution in [0.3, 0.4) is 0 Å². The SMILES string of the molecule is [N-]=[N+]=Nc1ccc(C(=O)NCCCCC2=CC(=O)NC2=O)c(O)c1. The fourth-order valence-electron chi connectivity index (χ4n) is 2.20. The minimum Gasteiger partial charge on any atom is -0.507 e. The van der Waals surface area contributed by atoms with Crippen LogP contribution in [0.25, 0.3) is 10.4 Å². The van der Waals surface area contributed by atoms with Gasteiger partial charge in [0.1, 0.15) is 5.75 Å². The molecule has 0 bridgehead atoms. The van der Waals surface area contributed by atoms with Gasteiger partial charge < -0.3 is 10.4 Å². The minimum absolute atomic E-state index is 0.0790. The molecule has 0 radical (unpaired) electrons. The van der Waals surface area contributed by atoms with Crippen molar-refractivity contribution in [3.8, 4) is 5.75 Å². The maximum atomic E-state index is 12.0. The molecule has 1 aromatic carbocycles. The van der Waals surface area contributed by atoms with Crippen molar-refractivity contribution < 1.29 is 19.5 Å². The van der Waals surface area contributed by atoms with E-state index in [4.69, 9.17) is 5.53 Å². The molecule has 1 aliphatic heterocycles. The van der Waals surface area contributed by atoms with Crippen LogP contribution in [0, 0.1) is 0 Å². The Balaban J connectivity index is 1.77. The summed E-state index contributed by atoms with van der Waals surface area (Å²) in [5.41, 5.74) is 9.05. The first kappa shape index (κ1) is 17.0. The zero-order valence-electron chi connectivity index (χ0n) is 12.7. The lowest BCUT2D eigenvalue weighted by atomic mass is 10.1. The van der Waals surface area contributed by atoms with Crippen molar-refractivity contribution in [2.75, 3.05) is 6.54 Å². The summed E-state index contributed by atoms with van der Waals surface area (Å²) in [6, 6.07) is 4.00. The molecule has 1 aliphatic rings. The second-order valence-corrected chi connectivity index (χ2v) is 5.09. The fraction of sp³-hybridized carbons (Fsp3) is 0.267. The lowest BCUT2D eigenvalue weighted by Gasteiger charge is -2.07. The second-order valence-electron chi connectivity index (χ2n) is 5.09. The topological polar surface area (TPSA) is 144 Å². The van der Waals surface area contributed by atoms with Crippen LogP contribution >= 0.6 is 0 Å². The molecule has 0 unspecified atom stereocenters. The van der Waals surface area contributed by atoms with Crippen molar-refractivity contribution >= 4 is 23.4 Å². The number of azide groups is 1. The number of phenolic OH excluding ortho intramolecular Hbond substituents is 1. The molecule has 0 saturated carbocycles. The third-order valence-corrected chi connectivity index (χ3v) is 3.38. The van der Waals surface area contributed by atoms with Gasteiger partial charge in [-0.05, 0) is 36.9 Å². The molecule has 0 fully saturated rings. The molecule has 9 heteroatoms. The lowest BCUT2D eigenvalue weighted by Crippen LogP contribution is -2.24. The predicted molar refractivity (Wildman–Crippen MR) is 84.3 cm³/mol. The summed E-state index contributed by atoms with van der Waals surface area (Å²) in [4.78, 5) is 36.9. The largest absolute Gasteiger partial charge is 0.507 e. The number of rotatable bonds is 7. The first-order valence-electron chi connectivity index (χ1n) is 7.23. The molecular formula is C15H15N5O4. The van der Waals surface area contributed by atoms with E-state index in [0.717, 1.165) is 0 Å². The number of aromatic hydroxyl groups is 1. The molecule has 0 spiro atoms. The predicted octanol–water partition coefficient (Wildman–Crippen LogP) is 1.82. The van der Waals surface area contributed by atoms with E-state index in [1.54, 1.807) is 0 Å². The van der Waals surface area contributed by atoms with Crippen molar-refractivity contribution in [1.29, 1.82) is 0 Å². The zero-order chi connectivity index (χ0) is 17.5. The standard InChI is InChI=1S/C15H15N5O4/c16-20-19-10-4-5-11(12(21)8-10)15(24)17-6-2-1-3-9-7-13(22)18-14(9)23/h4-5,7-8,21H,1-3,6H2,(H,17,24)(H,18,22,23). The molecule has 0 aromatic heterocycles. The van der Waals surface area contributed by atoms with Gasteiger partial charge in [0.2, 0.25) is 0 Å². The molecule has 3 N–H and O–H groups in total. The van der Waals surface area contributed by atoms with Crippen molar-refractivity contribution in [2.45, 2.75) is 19.3 Å². The van der Waals surface area contributed by atoms with Crippen LogP contribution in [-0.4, -0.2) is 29.4 Å². The summed E-state index contributed by atoms with van der Waals surface area (Å²) in [5, 5.41) is 17.9. The molecule has 0 saturated heterocycles. The average Bonchev–Trinajstić information content (AvgIpc) is 2.85. The minimum atomic E-state index is -0.451. The van der Waals surface area contributed by atoms with Crippen LogP contribution in [0.1, 0.15) is 29.6 Å². The summed E-state index contributed by atoms with van der Waals surface area (Å²) in [6.45, 7) is 0.360. The number of carbonyl (C=O) groups excluding carboxylic acids is 3. The number of unbranched alkanes of at least 4 members (excludes halogenated alkanes) is 1. The van der Waals surface area contributed by atoms with Crippen LogP contribution < -0.4 is 10.6 Å². The molecule has 1 aromatic rings. The Morgan fingerprint density at radius 1 is 1.33 bits per heavy atom. The van der Waals surface area contributed by atoms with Gasteiger partial charge in [0, 0.05) is 28.8 Å². The van der Waals surface area contributed by atoms with E-state index in [1.807, 2.05) is 0 Å². The van der Waals surface area contributed by atoms with Gasteiger partial charge in [0.15, 0.2) is 0 Å². The van der Waals surface area contributed by atoms with Gasteiger partial charge in [-0.15, -0.1) is 0 Å². The molecule has 9 nitrogen and oxygen atoms in total. The highest BCUT2D eigenvalue weighted by Gasteiger charge is 2.19.